The molecule has 2 aromatic carbocycles. The van der Waals surface area contributed by atoms with Crippen LogP contribution < -0.4 is 20.9 Å². The van der Waals surface area contributed by atoms with Gasteiger partial charge in [-0.25, -0.2) is 9.89 Å². The SMILES string of the molecule is COc1ccc(NC(=O)Nc2ccc3nn[nH]c(=O)c3c2)cc1. The van der Waals surface area contributed by atoms with E-state index in [0.717, 1.165) is 0 Å². The van der Waals surface area contributed by atoms with Crippen LogP contribution in [0.2, 0.25) is 0 Å². The summed E-state index contributed by atoms with van der Waals surface area (Å²) in [5.74, 6) is 0.700. The average molecular weight is 311 g/mol. The molecule has 0 spiro atoms. The summed E-state index contributed by atoms with van der Waals surface area (Å²) in [6.07, 6.45) is 0. The van der Waals surface area contributed by atoms with Crippen molar-refractivity contribution in [2.45, 2.75) is 0 Å². The zero-order chi connectivity index (χ0) is 16.2. The summed E-state index contributed by atoms with van der Waals surface area (Å²) < 4.78 is 5.05. The van der Waals surface area contributed by atoms with Gasteiger partial charge in [-0.05, 0) is 42.5 Å². The zero-order valence-electron chi connectivity index (χ0n) is 12.2. The maximum absolute atomic E-state index is 12.0. The highest BCUT2D eigenvalue weighted by atomic mass is 16.5. The summed E-state index contributed by atoms with van der Waals surface area (Å²) in [6.45, 7) is 0. The summed E-state index contributed by atoms with van der Waals surface area (Å²) in [5, 5.41) is 15.2. The summed E-state index contributed by atoms with van der Waals surface area (Å²) in [4.78, 5) is 23.7. The molecule has 23 heavy (non-hydrogen) atoms. The maximum atomic E-state index is 12.0. The van der Waals surface area contributed by atoms with E-state index in [-0.39, 0.29) is 5.56 Å². The Morgan fingerprint density at radius 1 is 1.09 bits per heavy atom. The molecule has 116 valence electrons. The molecule has 2 amide bonds. The lowest BCUT2D eigenvalue weighted by atomic mass is 10.2. The number of urea groups is 1. The highest BCUT2D eigenvalue weighted by Gasteiger charge is 2.06. The van der Waals surface area contributed by atoms with Gasteiger partial charge >= 0.3 is 6.03 Å². The predicted octanol–water partition coefficient (Wildman–Crippen LogP) is 1.97. The van der Waals surface area contributed by atoms with Crippen molar-refractivity contribution in [1.29, 1.82) is 0 Å². The van der Waals surface area contributed by atoms with Gasteiger partial charge in [0.05, 0.1) is 12.5 Å². The van der Waals surface area contributed by atoms with Gasteiger partial charge in [0.1, 0.15) is 11.3 Å². The standard InChI is InChI=1S/C15H13N5O3/c1-23-11-5-2-9(3-6-11)16-15(22)17-10-4-7-13-12(8-10)14(21)19-20-18-13/h2-8H,1H3,(H2,16,17,22)(H,18,19,21). The quantitative estimate of drug-likeness (QED) is 0.685. The lowest BCUT2D eigenvalue weighted by molar-refractivity contribution is 0.262. The molecule has 0 fully saturated rings. The maximum Gasteiger partial charge on any atom is 0.323 e. The van der Waals surface area contributed by atoms with Gasteiger partial charge in [-0.1, -0.05) is 5.21 Å². The molecule has 0 atom stereocenters. The number of benzene rings is 2. The average Bonchev–Trinajstić information content (AvgIpc) is 2.56. The van der Waals surface area contributed by atoms with E-state index < -0.39 is 6.03 Å². The van der Waals surface area contributed by atoms with Crippen molar-refractivity contribution in [3.05, 3.63) is 52.8 Å². The Balaban J connectivity index is 1.74. The third kappa shape index (κ3) is 3.26. The van der Waals surface area contributed by atoms with E-state index in [1.807, 2.05) is 0 Å². The minimum Gasteiger partial charge on any atom is -0.497 e. The normalized spacial score (nSPS) is 10.3. The van der Waals surface area contributed by atoms with Crippen LogP contribution in [-0.4, -0.2) is 28.6 Å². The number of methoxy groups -OCH3 is 1. The smallest absolute Gasteiger partial charge is 0.323 e. The lowest BCUT2D eigenvalue weighted by Crippen LogP contribution is -2.19. The first-order valence-electron chi connectivity index (χ1n) is 6.73. The van der Waals surface area contributed by atoms with E-state index in [4.69, 9.17) is 4.74 Å². The van der Waals surface area contributed by atoms with Crippen LogP contribution in [0.15, 0.2) is 47.3 Å². The summed E-state index contributed by atoms with van der Waals surface area (Å²) in [7, 11) is 1.57. The largest absolute Gasteiger partial charge is 0.497 e. The van der Waals surface area contributed by atoms with E-state index in [0.29, 0.717) is 28.0 Å². The molecule has 0 aliphatic heterocycles. The van der Waals surface area contributed by atoms with Crippen LogP contribution in [0.25, 0.3) is 10.9 Å². The van der Waals surface area contributed by atoms with E-state index in [1.165, 1.54) is 6.07 Å². The Bertz CT molecular complexity index is 905. The van der Waals surface area contributed by atoms with Crippen LogP contribution in [0.3, 0.4) is 0 Å². The van der Waals surface area contributed by atoms with Crippen molar-refractivity contribution >= 4 is 28.3 Å². The van der Waals surface area contributed by atoms with Crippen molar-refractivity contribution in [3.63, 3.8) is 0 Å². The second-order valence-corrected chi connectivity index (χ2v) is 4.68. The first kappa shape index (κ1) is 14.5. The van der Waals surface area contributed by atoms with Gasteiger partial charge in [-0.15, -0.1) is 5.10 Å². The number of nitrogens with one attached hydrogen (secondary N) is 3. The molecule has 8 nitrogen and oxygen atoms in total. The minimum absolute atomic E-state index is 0.349. The molecule has 3 rings (SSSR count). The molecule has 8 heteroatoms. The van der Waals surface area contributed by atoms with Gasteiger partial charge in [-0.3, -0.25) is 4.79 Å². The predicted molar refractivity (Wildman–Crippen MR) is 85.8 cm³/mol. The Morgan fingerprint density at radius 3 is 2.52 bits per heavy atom. The molecule has 0 saturated carbocycles. The van der Waals surface area contributed by atoms with Gasteiger partial charge in [0, 0.05) is 11.4 Å². The molecule has 0 bridgehead atoms. The number of carbonyl (C=O) groups is 1. The number of aromatic amines is 1. The van der Waals surface area contributed by atoms with Gasteiger partial charge in [0.25, 0.3) is 5.56 Å². The van der Waals surface area contributed by atoms with Crippen LogP contribution in [0.5, 0.6) is 5.75 Å². The molecule has 0 radical (unpaired) electrons. The number of H-pyrrole nitrogens is 1. The number of fused-ring (bicyclic) bond motifs is 1. The number of nitrogens with zero attached hydrogens (tertiary/aromatic N) is 2. The first-order chi connectivity index (χ1) is 11.2. The summed E-state index contributed by atoms with van der Waals surface area (Å²) in [5.41, 5.74) is 1.18. The molecule has 3 N–H and O–H groups in total. The second-order valence-electron chi connectivity index (χ2n) is 4.68. The number of amides is 2. The van der Waals surface area contributed by atoms with Crippen LogP contribution >= 0.6 is 0 Å². The van der Waals surface area contributed by atoms with Crippen molar-refractivity contribution in [2.24, 2.45) is 0 Å². The van der Waals surface area contributed by atoms with E-state index in [2.05, 4.69) is 26.0 Å². The molecule has 1 aromatic heterocycles. The second kappa shape index (κ2) is 6.14. The Morgan fingerprint density at radius 2 is 1.78 bits per heavy atom. The molecular formula is C15H13N5O3. The van der Waals surface area contributed by atoms with Gasteiger partial charge in [-0.2, -0.15) is 0 Å². The molecular weight excluding hydrogens is 298 g/mol. The highest BCUT2D eigenvalue weighted by molar-refractivity contribution is 6.00. The fourth-order valence-corrected chi connectivity index (χ4v) is 2.04. The number of anilines is 2. The number of aromatic nitrogens is 3. The number of ether oxygens (including phenoxy) is 1. The van der Waals surface area contributed by atoms with E-state index >= 15 is 0 Å². The summed E-state index contributed by atoms with van der Waals surface area (Å²) >= 11 is 0. The van der Waals surface area contributed by atoms with Crippen molar-refractivity contribution in [2.75, 3.05) is 17.7 Å². The molecule has 0 aliphatic carbocycles. The number of hydrogen-bond donors (Lipinski definition) is 3. The zero-order valence-corrected chi connectivity index (χ0v) is 12.2. The van der Waals surface area contributed by atoms with Gasteiger partial charge in [0.2, 0.25) is 0 Å². The number of carbonyl (C=O) groups excluding carboxylic acids is 1. The molecule has 0 aliphatic rings. The third-order valence-electron chi connectivity index (χ3n) is 3.16. The Labute approximate surface area is 130 Å². The molecule has 3 aromatic rings. The Kier molecular flexibility index (Phi) is 3.88. The van der Waals surface area contributed by atoms with Crippen LogP contribution in [0.1, 0.15) is 0 Å². The molecule has 0 unspecified atom stereocenters. The lowest BCUT2D eigenvalue weighted by Gasteiger charge is -2.08. The van der Waals surface area contributed by atoms with Crippen molar-refractivity contribution < 1.29 is 9.53 Å². The monoisotopic (exact) mass is 311 g/mol. The number of rotatable bonds is 3. The van der Waals surface area contributed by atoms with E-state index in [9.17, 15) is 9.59 Å². The highest BCUT2D eigenvalue weighted by Crippen LogP contribution is 2.16. The number of hydrogen-bond acceptors (Lipinski definition) is 5. The third-order valence-corrected chi connectivity index (χ3v) is 3.16. The van der Waals surface area contributed by atoms with Gasteiger partial charge < -0.3 is 15.4 Å². The van der Waals surface area contributed by atoms with Crippen LogP contribution in [0.4, 0.5) is 16.2 Å². The van der Waals surface area contributed by atoms with Gasteiger partial charge in [0.15, 0.2) is 0 Å². The first-order valence-corrected chi connectivity index (χ1v) is 6.73. The van der Waals surface area contributed by atoms with E-state index in [1.54, 1.807) is 43.5 Å². The van der Waals surface area contributed by atoms with Crippen molar-refractivity contribution in [3.8, 4) is 5.75 Å². The fourth-order valence-electron chi connectivity index (χ4n) is 2.04. The Hall–Kier alpha value is -3.42. The topological polar surface area (TPSA) is 109 Å². The van der Waals surface area contributed by atoms with Crippen LogP contribution in [0, 0.1) is 0 Å². The molecule has 0 saturated heterocycles. The van der Waals surface area contributed by atoms with Crippen molar-refractivity contribution in [1.82, 2.24) is 15.4 Å². The molecule has 1 heterocycles. The fraction of sp³-hybridized carbons (Fsp3) is 0.0667. The minimum atomic E-state index is -0.423. The van der Waals surface area contributed by atoms with Crippen LogP contribution in [-0.2, 0) is 0 Å². The summed E-state index contributed by atoms with van der Waals surface area (Å²) in [6, 6.07) is 11.3.